The first-order valence-electron chi connectivity index (χ1n) is 9.77. The fourth-order valence-electron chi connectivity index (χ4n) is 3.70. The summed E-state index contributed by atoms with van der Waals surface area (Å²) in [4.78, 5) is 15.7. The van der Waals surface area contributed by atoms with Crippen LogP contribution in [-0.4, -0.2) is 10.8 Å². The van der Waals surface area contributed by atoms with Gasteiger partial charge in [0, 0.05) is 21.0 Å². The largest absolute Gasteiger partial charge is 0.467 e. The molecule has 0 bridgehead atoms. The summed E-state index contributed by atoms with van der Waals surface area (Å²) in [7, 11) is 0. The van der Waals surface area contributed by atoms with Crippen molar-refractivity contribution in [2.24, 2.45) is 5.92 Å². The van der Waals surface area contributed by atoms with E-state index < -0.39 is 0 Å². The lowest BCUT2D eigenvalue weighted by atomic mass is 10.2. The third-order valence-electron chi connectivity index (χ3n) is 5.50. The molecule has 1 amide bonds. The first-order valence-corrected chi connectivity index (χ1v) is 11.3. The monoisotopic (exact) mass is 459 g/mol. The smallest absolute Gasteiger partial charge is 0.266 e. The number of halogens is 2. The zero-order chi connectivity index (χ0) is 20.8. The van der Waals surface area contributed by atoms with Crippen LogP contribution in [0.4, 0.5) is 0 Å². The van der Waals surface area contributed by atoms with Gasteiger partial charge in [-0.05, 0) is 48.7 Å². The van der Waals surface area contributed by atoms with Crippen LogP contribution in [0.5, 0.6) is 0 Å². The van der Waals surface area contributed by atoms with E-state index in [4.69, 9.17) is 32.0 Å². The van der Waals surface area contributed by atoms with Crippen LogP contribution in [0.3, 0.4) is 0 Å². The molecule has 0 saturated heterocycles. The van der Waals surface area contributed by atoms with Gasteiger partial charge in [-0.2, -0.15) is 0 Å². The van der Waals surface area contributed by atoms with Crippen LogP contribution >= 0.6 is 34.5 Å². The fourth-order valence-corrected chi connectivity index (χ4v) is 5.45. The molecule has 1 fully saturated rings. The van der Waals surface area contributed by atoms with Crippen molar-refractivity contribution in [2.75, 3.05) is 0 Å². The SMILES string of the molecule is CC1CC1c1ccc(CN(Cc2ccco2)C(=O)c2sc3cc(Cl)ccc3c2Cl)o1. The lowest BCUT2D eigenvalue weighted by Crippen LogP contribution is -2.29. The Hall–Kier alpha value is -2.21. The molecule has 1 aliphatic rings. The zero-order valence-electron chi connectivity index (χ0n) is 16.2. The predicted molar refractivity (Wildman–Crippen MR) is 119 cm³/mol. The van der Waals surface area contributed by atoms with Gasteiger partial charge in [0.2, 0.25) is 0 Å². The minimum atomic E-state index is -0.161. The van der Waals surface area contributed by atoms with E-state index in [9.17, 15) is 4.79 Å². The summed E-state index contributed by atoms with van der Waals surface area (Å²) in [5.74, 6) is 3.45. The highest BCUT2D eigenvalue weighted by atomic mass is 35.5. The summed E-state index contributed by atoms with van der Waals surface area (Å²) in [6.07, 6.45) is 2.76. The number of hydrogen-bond acceptors (Lipinski definition) is 4. The summed E-state index contributed by atoms with van der Waals surface area (Å²) < 4.78 is 12.4. The maximum Gasteiger partial charge on any atom is 0.266 e. The summed E-state index contributed by atoms with van der Waals surface area (Å²) in [5.41, 5.74) is 0. The highest BCUT2D eigenvalue weighted by molar-refractivity contribution is 7.21. The minimum Gasteiger partial charge on any atom is -0.467 e. The molecule has 4 nitrogen and oxygen atoms in total. The Balaban J connectivity index is 1.46. The highest BCUT2D eigenvalue weighted by Gasteiger charge is 2.36. The summed E-state index contributed by atoms with van der Waals surface area (Å²) in [6, 6.07) is 13.1. The molecule has 0 spiro atoms. The van der Waals surface area contributed by atoms with Gasteiger partial charge in [-0.15, -0.1) is 11.3 Å². The molecule has 2 unspecified atom stereocenters. The van der Waals surface area contributed by atoms with E-state index in [0.717, 1.165) is 28.0 Å². The van der Waals surface area contributed by atoms with Crippen LogP contribution in [0.25, 0.3) is 10.1 Å². The van der Waals surface area contributed by atoms with Crippen molar-refractivity contribution in [3.05, 3.63) is 80.9 Å². The third kappa shape index (κ3) is 3.78. The van der Waals surface area contributed by atoms with E-state index in [1.165, 1.54) is 11.3 Å². The van der Waals surface area contributed by atoms with Crippen LogP contribution in [0.1, 0.15) is 46.2 Å². The summed E-state index contributed by atoms with van der Waals surface area (Å²) >= 11 is 14.0. The Morgan fingerprint density at radius 1 is 1.17 bits per heavy atom. The van der Waals surface area contributed by atoms with Gasteiger partial charge in [0.1, 0.15) is 22.2 Å². The molecule has 3 heterocycles. The lowest BCUT2D eigenvalue weighted by molar-refractivity contribution is 0.0709. The van der Waals surface area contributed by atoms with Crippen molar-refractivity contribution in [1.82, 2.24) is 4.90 Å². The van der Waals surface area contributed by atoms with E-state index in [2.05, 4.69) is 6.92 Å². The molecule has 1 aromatic carbocycles. The standard InChI is InChI=1S/C23H19Cl2NO3S/c1-13-9-18(13)19-7-5-16(29-19)12-26(11-15-3-2-8-28-15)23(27)22-21(25)17-6-4-14(24)10-20(17)30-22/h2-8,10,13,18H,9,11-12H2,1H3. The molecule has 0 N–H and O–H groups in total. The van der Waals surface area contributed by atoms with E-state index in [1.807, 2.05) is 36.4 Å². The Morgan fingerprint density at radius 3 is 2.70 bits per heavy atom. The molecule has 0 radical (unpaired) electrons. The van der Waals surface area contributed by atoms with Gasteiger partial charge in [-0.1, -0.05) is 36.2 Å². The molecule has 1 aliphatic carbocycles. The average molecular weight is 460 g/mol. The molecule has 30 heavy (non-hydrogen) atoms. The Bertz CT molecular complexity index is 1210. The maximum absolute atomic E-state index is 13.5. The second-order valence-corrected chi connectivity index (χ2v) is 9.62. The van der Waals surface area contributed by atoms with E-state index in [0.29, 0.717) is 45.6 Å². The first-order chi connectivity index (χ1) is 14.5. The van der Waals surface area contributed by atoms with Crippen LogP contribution in [-0.2, 0) is 13.1 Å². The Kier molecular flexibility index (Phi) is 5.13. The Morgan fingerprint density at radius 2 is 1.97 bits per heavy atom. The van der Waals surface area contributed by atoms with Crippen molar-refractivity contribution in [1.29, 1.82) is 0 Å². The molecule has 3 aromatic heterocycles. The number of rotatable bonds is 6. The van der Waals surface area contributed by atoms with E-state index >= 15 is 0 Å². The number of thiophene rings is 1. The van der Waals surface area contributed by atoms with E-state index in [1.54, 1.807) is 17.2 Å². The van der Waals surface area contributed by atoms with Crippen molar-refractivity contribution in [3.63, 3.8) is 0 Å². The normalized spacial score (nSPS) is 18.1. The van der Waals surface area contributed by atoms with Crippen molar-refractivity contribution in [3.8, 4) is 0 Å². The number of furan rings is 2. The predicted octanol–water partition coefficient (Wildman–Crippen LogP) is 7.36. The van der Waals surface area contributed by atoms with Gasteiger partial charge < -0.3 is 13.7 Å². The van der Waals surface area contributed by atoms with Gasteiger partial charge in [-0.3, -0.25) is 4.79 Å². The summed E-state index contributed by atoms with van der Waals surface area (Å²) in [6.45, 7) is 2.88. The van der Waals surface area contributed by atoms with Gasteiger partial charge in [0.15, 0.2) is 0 Å². The molecule has 1 saturated carbocycles. The zero-order valence-corrected chi connectivity index (χ0v) is 18.6. The quantitative estimate of drug-likeness (QED) is 0.302. The molecular formula is C23H19Cl2NO3S. The molecule has 2 atom stereocenters. The van der Waals surface area contributed by atoms with Gasteiger partial charge >= 0.3 is 0 Å². The van der Waals surface area contributed by atoms with Gasteiger partial charge in [0.25, 0.3) is 5.91 Å². The van der Waals surface area contributed by atoms with Gasteiger partial charge in [0.05, 0.1) is 24.4 Å². The molecule has 4 aromatic rings. The van der Waals surface area contributed by atoms with Crippen molar-refractivity contribution < 1.29 is 13.6 Å². The average Bonchev–Trinajstić information content (AvgIpc) is 3.14. The molecule has 7 heteroatoms. The molecule has 154 valence electrons. The number of benzene rings is 1. The molecule has 0 aliphatic heterocycles. The highest BCUT2D eigenvalue weighted by Crippen LogP contribution is 2.47. The summed E-state index contributed by atoms with van der Waals surface area (Å²) in [5, 5.41) is 1.90. The number of hydrogen-bond donors (Lipinski definition) is 0. The Labute approximate surface area is 188 Å². The van der Waals surface area contributed by atoms with Crippen LogP contribution in [0.15, 0.2) is 57.6 Å². The number of nitrogens with zero attached hydrogens (tertiary/aromatic N) is 1. The topological polar surface area (TPSA) is 46.6 Å². The molecule has 5 rings (SSSR count). The maximum atomic E-state index is 13.5. The lowest BCUT2D eigenvalue weighted by Gasteiger charge is -2.20. The first kappa shape index (κ1) is 19.7. The van der Waals surface area contributed by atoms with Gasteiger partial charge in [-0.25, -0.2) is 0 Å². The van der Waals surface area contributed by atoms with Crippen LogP contribution in [0.2, 0.25) is 10.0 Å². The number of carbonyl (C=O) groups is 1. The van der Waals surface area contributed by atoms with Crippen LogP contribution < -0.4 is 0 Å². The number of amides is 1. The van der Waals surface area contributed by atoms with Crippen LogP contribution in [0, 0.1) is 5.92 Å². The third-order valence-corrected chi connectivity index (χ3v) is 7.38. The van der Waals surface area contributed by atoms with Crippen molar-refractivity contribution >= 4 is 50.5 Å². The molecular weight excluding hydrogens is 441 g/mol. The van der Waals surface area contributed by atoms with E-state index in [-0.39, 0.29) is 5.91 Å². The second-order valence-electron chi connectivity index (χ2n) is 7.75. The van der Waals surface area contributed by atoms with Crippen molar-refractivity contribution in [2.45, 2.75) is 32.4 Å². The minimum absolute atomic E-state index is 0.161. The number of fused-ring (bicyclic) bond motifs is 1. The number of carbonyl (C=O) groups excluding carboxylic acids is 1. The fraction of sp³-hybridized carbons (Fsp3) is 0.261. The second kappa shape index (κ2) is 7.80.